The van der Waals surface area contributed by atoms with Crippen LogP contribution < -0.4 is 10.1 Å². The molecule has 9 rings (SSSR count). The van der Waals surface area contributed by atoms with Crippen LogP contribution in [-0.2, 0) is 4.79 Å². The summed E-state index contributed by atoms with van der Waals surface area (Å²) in [6.07, 6.45) is 4.93. The van der Waals surface area contributed by atoms with Crippen molar-refractivity contribution in [3.8, 4) is 34.1 Å². The highest BCUT2D eigenvalue weighted by Crippen LogP contribution is 2.45. The average Bonchev–Trinajstić information content (AvgIpc) is 3.40. The van der Waals surface area contributed by atoms with Gasteiger partial charge in [0.05, 0.1) is 28.4 Å². The fourth-order valence-electron chi connectivity index (χ4n) is 6.89. The molecule has 1 amide bonds. The second kappa shape index (κ2) is 10.3. The zero-order chi connectivity index (χ0) is 30.8. The Morgan fingerprint density at radius 1 is 0.956 bits per heavy atom. The Balaban J connectivity index is 1.30. The van der Waals surface area contributed by atoms with Gasteiger partial charge in [-0.05, 0) is 67.9 Å². The Kier molecular flexibility index (Phi) is 6.22. The molecule has 3 N–H and O–H groups in total. The van der Waals surface area contributed by atoms with Crippen LogP contribution in [0.5, 0.6) is 11.5 Å². The third kappa shape index (κ3) is 4.62. The fraction of sp³-hybridized carbons (Fsp3) is 0.206. The number of carboxylic acids is 1. The van der Waals surface area contributed by atoms with E-state index in [1.165, 1.54) is 12.3 Å². The maximum atomic E-state index is 14.6. The first-order valence-electron chi connectivity index (χ1n) is 14.7. The summed E-state index contributed by atoms with van der Waals surface area (Å²) in [6, 6.07) is 15.8. The number of anilines is 1. The van der Waals surface area contributed by atoms with E-state index in [1.54, 1.807) is 48.5 Å². The number of para-hydroxylation sites is 2. The molecule has 0 spiro atoms. The highest BCUT2D eigenvalue weighted by molar-refractivity contribution is 6.08. The lowest BCUT2D eigenvalue weighted by Gasteiger charge is -2.41. The molecule has 3 aromatic carbocycles. The Hall–Kier alpha value is -5.45. The number of aromatic nitrogens is 3. The maximum Gasteiger partial charge on any atom is 0.312 e. The van der Waals surface area contributed by atoms with Crippen LogP contribution in [0.4, 0.5) is 20.3 Å². The minimum atomic E-state index is -0.901. The van der Waals surface area contributed by atoms with Gasteiger partial charge in [0.25, 0.3) is 5.91 Å². The smallest absolute Gasteiger partial charge is 0.312 e. The van der Waals surface area contributed by atoms with Gasteiger partial charge in [-0.1, -0.05) is 18.2 Å². The van der Waals surface area contributed by atoms with Gasteiger partial charge < -0.3 is 20.1 Å². The monoisotopic (exact) mass is 605 g/mol. The van der Waals surface area contributed by atoms with Crippen LogP contribution in [-0.4, -0.2) is 37.6 Å². The van der Waals surface area contributed by atoms with Gasteiger partial charge in [0.1, 0.15) is 17.4 Å². The molecule has 0 saturated heterocycles. The van der Waals surface area contributed by atoms with Crippen LogP contribution in [0.25, 0.3) is 33.5 Å². The van der Waals surface area contributed by atoms with E-state index in [2.05, 4.69) is 15.3 Å². The van der Waals surface area contributed by atoms with Gasteiger partial charge in [0.2, 0.25) is 0 Å². The second-order valence-corrected chi connectivity index (χ2v) is 11.7. The van der Waals surface area contributed by atoms with Gasteiger partial charge in [-0.15, -0.1) is 0 Å². The van der Waals surface area contributed by atoms with Gasteiger partial charge in [-0.3, -0.25) is 9.59 Å². The molecular formula is C34H25F2N5O4. The van der Waals surface area contributed by atoms with Crippen molar-refractivity contribution < 1.29 is 28.2 Å². The highest BCUT2D eigenvalue weighted by atomic mass is 19.1. The number of hydrogen-bond acceptors (Lipinski definition) is 6. The molecule has 9 nitrogen and oxygen atoms in total. The largest absolute Gasteiger partial charge is 0.481 e. The highest BCUT2D eigenvalue weighted by Gasteiger charge is 2.44. The van der Waals surface area contributed by atoms with E-state index in [9.17, 15) is 23.5 Å². The van der Waals surface area contributed by atoms with Crippen molar-refractivity contribution in [1.82, 2.24) is 15.0 Å². The van der Waals surface area contributed by atoms with Crippen LogP contribution in [0.15, 0.2) is 71.9 Å². The third-order valence-electron chi connectivity index (χ3n) is 9.03. The number of nitrogens with zero attached hydrogens (tertiary/aromatic N) is 3. The van der Waals surface area contributed by atoms with E-state index in [0.717, 1.165) is 31.7 Å². The van der Waals surface area contributed by atoms with Gasteiger partial charge in [0, 0.05) is 40.6 Å². The summed E-state index contributed by atoms with van der Waals surface area (Å²) in [7, 11) is 0. The number of amides is 1. The van der Waals surface area contributed by atoms with Crippen molar-refractivity contribution in [2.45, 2.75) is 25.7 Å². The first-order chi connectivity index (χ1) is 21.8. The predicted octanol–water partition coefficient (Wildman–Crippen LogP) is 7.52. The summed E-state index contributed by atoms with van der Waals surface area (Å²) >= 11 is 0. The third-order valence-corrected chi connectivity index (χ3v) is 9.03. The lowest BCUT2D eigenvalue weighted by atomic mass is 9.63. The molecule has 1 atom stereocenters. The molecule has 3 saturated carbocycles. The minimum absolute atomic E-state index is 0.0161. The lowest BCUT2D eigenvalue weighted by molar-refractivity contribution is -0.142. The van der Waals surface area contributed by atoms with Crippen LogP contribution in [0.3, 0.4) is 0 Å². The topological polar surface area (TPSA) is 130 Å². The quantitative estimate of drug-likeness (QED) is 0.194. The van der Waals surface area contributed by atoms with Gasteiger partial charge in [-0.25, -0.2) is 23.7 Å². The Morgan fingerprint density at radius 2 is 1.78 bits per heavy atom. The summed E-state index contributed by atoms with van der Waals surface area (Å²) < 4.78 is 35.1. The lowest BCUT2D eigenvalue weighted by Crippen LogP contribution is -2.44. The summed E-state index contributed by atoms with van der Waals surface area (Å²) in [5.74, 6) is -2.20. The molecule has 45 heavy (non-hydrogen) atoms. The van der Waals surface area contributed by atoms with Gasteiger partial charge in [-0.2, -0.15) is 0 Å². The number of rotatable bonds is 4. The van der Waals surface area contributed by atoms with E-state index < -0.39 is 23.5 Å². The van der Waals surface area contributed by atoms with E-state index in [4.69, 9.17) is 14.7 Å². The van der Waals surface area contributed by atoms with Gasteiger partial charge in [0.15, 0.2) is 17.4 Å². The number of carbonyl (C=O) groups is 2. The van der Waals surface area contributed by atoms with Crippen molar-refractivity contribution in [2.24, 2.45) is 22.7 Å². The van der Waals surface area contributed by atoms with E-state index >= 15 is 0 Å². The number of fused-ring (bicyclic) bond motifs is 6. The molecule has 0 unspecified atom stereocenters. The number of nitrogens with one attached hydrogen (secondary N) is 2. The number of aromatic amines is 1. The number of carboxylic acid groups (broad SMARTS) is 1. The molecule has 224 valence electrons. The predicted molar refractivity (Wildman–Crippen MR) is 163 cm³/mol. The standard InChI is InChI=1S/C34H25F2N5O4/c35-19-12-21-22(15-37-31(21)23(36)13-19)32-38-25(14-28(41-32)40-30-17-7-5-16(6-8-17)29(30)34(43)44)18-9-10-20-27(11-18)45-26-4-2-1-3-24(26)39-33(20)42/h1-4,9-17,29,37H,5-8H2,(H,39,42)(H,43,44)/t16?,17?,29-/m1/s1. The van der Waals surface area contributed by atoms with Crippen molar-refractivity contribution in [3.05, 3.63) is 84.1 Å². The molecule has 11 heteroatoms. The molecule has 2 bridgehead atoms. The minimum Gasteiger partial charge on any atom is -0.481 e. The maximum absolute atomic E-state index is 14.6. The van der Waals surface area contributed by atoms with Crippen LogP contribution >= 0.6 is 0 Å². The Bertz CT molecular complexity index is 2080. The normalized spacial score (nSPS) is 21.2. The van der Waals surface area contributed by atoms with Crippen molar-refractivity contribution in [2.75, 3.05) is 5.32 Å². The molecule has 2 aromatic heterocycles. The number of ether oxygens (including phenoxy) is 1. The number of halogens is 2. The molecule has 5 aromatic rings. The Morgan fingerprint density at radius 3 is 2.60 bits per heavy atom. The molecular weight excluding hydrogens is 580 g/mol. The molecule has 4 aliphatic rings. The van der Waals surface area contributed by atoms with E-state index in [1.807, 2.05) is 0 Å². The number of hydrogen-bond donors (Lipinski definition) is 3. The zero-order valence-electron chi connectivity index (χ0n) is 23.7. The summed E-state index contributed by atoms with van der Waals surface area (Å²) in [5.41, 5.74) is 2.89. The SMILES string of the molecule is O=C1Nc2ccccc2Oc2cc(-c3cc(N=C4C5CCC(CC5)[C@H]4C(=O)O)nc(-c4c[nH]c5c(F)cc(F)cc45)n3)ccc21. The number of carbonyl (C=O) groups excluding carboxylic acids is 1. The number of H-pyrrole nitrogens is 1. The molecule has 3 aliphatic carbocycles. The zero-order valence-corrected chi connectivity index (χ0v) is 23.7. The summed E-state index contributed by atoms with van der Waals surface area (Å²) in [4.78, 5) is 42.5. The van der Waals surface area contributed by atoms with E-state index in [-0.39, 0.29) is 40.3 Å². The number of aliphatic carboxylic acids is 1. The van der Waals surface area contributed by atoms with Crippen molar-refractivity contribution >= 4 is 40.0 Å². The summed E-state index contributed by atoms with van der Waals surface area (Å²) in [6.45, 7) is 0. The molecule has 0 radical (unpaired) electrons. The van der Waals surface area contributed by atoms with Gasteiger partial charge >= 0.3 is 5.97 Å². The van der Waals surface area contributed by atoms with Crippen LogP contribution in [0.1, 0.15) is 36.0 Å². The van der Waals surface area contributed by atoms with Crippen molar-refractivity contribution in [3.63, 3.8) is 0 Å². The fourth-order valence-corrected chi connectivity index (χ4v) is 6.89. The van der Waals surface area contributed by atoms with Crippen LogP contribution in [0.2, 0.25) is 0 Å². The second-order valence-electron chi connectivity index (χ2n) is 11.7. The first kappa shape index (κ1) is 27.1. The molecule has 3 heterocycles. The average molecular weight is 606 g/mol. The first-order valence-corrected chi connectivity index (χ1v) is 14.7. The van der Waals surface area contributed by atoms with E-state index in [0.29, 0.717) is 45.3 Å². The number of aliphatic imine (C=N–C) groups is 1. The molecule has 1 aliphatic heterocycles. The van der Waals surface area contributed by atoms with Crippen LogP contribution in [0, 0.1) is 29.4 Å². The Labute approximate surface area is 255 Å². The summed E-state index contributed by atoms with van der Waals surface area (Å²) in [5, 5.41) is 13.2. The van der Waals surface area contributed by atoms with Crippen molar-refractivity contribution in [1.29, 1.82) is 0 Å². The number of benzene rings is 3. The molecule has 3 fully saturated rings.